The van der Waals surface area contributed by atoms with Crippen molar-refractivity contribution in [3.05, 3.63) is 24.0 Å². The Hall–Kier alpha value is -1.18. The SMILES string of the molecule is CCOc1cncc(C(NN)C(C)(C)S(C)(=O)=O)c1. The fourth-order valence-electron chi connectivity index (χ4n) is 1.75. The van der Waals surface area contributed by atoms with E-state index in [1.165, 1.54) is 6.26 Å². The number of aromatic nitrogens is 1. The molecule has 1 rings (SSSR count). The molecule has 1 heterocycles. The lowest BCUT2D eigenvalue weighted by Crippen LogP contribution is -2.47. The van der Waals surface area contributed by atoms with Crippen LogP contribution < -0.4 is 16.0 Å². The average molecular weight is 287 g/mol. The average Bonchev–Trinajstić information content (AvgIpc) is 2.29. The largest absolute Gasteiger partial charge is 0.492 e. The summed E-state index contributed by atoms with van der Waals surface area (Å²) in [6, 6.07) is 1.17. The molecule has 1 aromatic heterocycles. The van der Waals surface area contributed by atoms with Crippen molar-refractivity contribution in [1.82, 2.24) is 10.4 Å². The molecule has 1 unspecified atom stereocenters. The first-order chi connectivity index (χ1) is 8.74. The van der Waals surface area contributed by atoms with E-state index in [9.17, 15) is 8.42 Å². The fraction of sp³-hybridized carbons (Fsp3) is 0.583. The summed E-state index contributed by atoms with van der Waals surface area (Å²) in [6.45, 7) is 5.63. The van der Waals surface area contributed by atoms with Crippen LogP contribution in [0.3, 0.4) is 0 Å². The van der Waals surface area contributed by atoms with E-state index in [0.717, 1.165) is 0 Å². The Balaban J connectivity index is 3.21. The highest BCUT2D eigenvalue weighted by atomic mass is 32.2. The van der Waals surface area contributed by atoms with Crippen molar-refractivity contribution < 1.29 is 13.2 Å². The molecule has 0 aromatic carbocycles. The van der Waals surface area contributed by atoms with E-state index in [1.807, 2.05) is 6.92 Å². The van der Waals surface area contributed by atoms with Gasteiger partial charge >= 0.3 is 0 Å². The Kier molecular flexibility index (Phi) is 4.89. The van der Waals surface area contributed by atoms with Gasteiger partial charge in [0.05, 0.1) is 23.6 Å². The molecule has 0 saturated heterocycles. The normalized spacial score (nSPS) is 14.2. The molecule has 0 radical (unpaired) electrons. The van der Waals surface area contributed by atoms with E-state index in [-0.39, 0.29) is 0 Å². The number of nitrogens with one attached hydrogen (secondary N) is 1. The minimum Gasteiger partial charge on any atom is -0.492 e. The molecule has 0 amide bonds. The number of ether oxygens (including phenoxy) is 1. The Morgan fingerprint density at radius 1 is 1.47 bits per heavy atom. The highest BCUT2D eigenvalue weighted by Crippen LogP contribution is 2.32. The number of pyridine rings is 1. The molecule has 19 heavy (non-hydrogen) atoms. The van der Waals surface area contributed by atoms with E-state index in [1.54, 1.807) is 32.3 Å². The minimum atomic E-state index is -3.30. The highest BCUT2D eigenvalue weighted by Gasteiger charge is 2.39. The van der Waals surface area contributed by atoms with Crippen LogP contribution in [0.5, 0.6) is 5.75 Å². The molecule has 0 aliphatic heterocycles. The molecule has 7 heteroatoms. The molecule has 6 nitrogen and oxygen atoms in total. The summed E-state index contributed by atoms with van der Waals surface area (Å²) < 4.78 is 28.1. The van der Waals surface area contributed by atoms with Crippen molar-refractivity contribution in [3.63, 3.8) is 0 Å². The number of sulfone groups is 1. The number of hydrogen-bond acceptors (Lipinski definition) is 6. The van der Waals surface area contributed by atoms with Crippen LogP contribution in [-0.4, -0.2) is 31.0 Å². The van der Waals surface area contributed by atoms with Gasteiger partial charge in [0, 0.05) is 12.5 Å². The molecule has 108 valence electrons. The smallest absolute Gasteiger partial charge is 0.154 e. The van der Waals surface area contributed by atoms with Crippen LogP contribution in [0.2, 0.25) is 0 Å². The zero-order valence-electron chi connectivity index (χ0n) is 11.7. The second-order valence-electron chi connectivity index (χ2n) is 4.86. The van der Waals surface area contributed by atoms with Crippen molar-refractivity contribution in [2.24, 2.45) is 5.84 Å². The predicted molar refractivity (Wildman–Crippen MR) is 74.4 cm³/mol. The summed E-state index contributed by atoms with van der Waals surface area (Å²) in [5.74, 6) is 6.12. The summed E-state index contributed by atoms with van der Waals surface area (Å²) in [4.78, 5) is 4.05. The van der Waals surface area contributed by atoms with Gasteiger partial charge in [0.15, 0.2) is 9.84 Å². The summed E-state index contributed by atoms with van der Waals surface area (Å²) >= 11 is 0. The van der Waals surface area contributed by atoms with Crippen molar-refractivity contribution in [2.45, 2.75) is 31.6 Å². The van der Waals surface area contributed by atoms with Gasteiger partial charge in [-0.25, -0.2) is 8.42 Å². The molecule has 0 spiro atoms. The second kappa shape index (κ2) is 5.85. The maximum absolute atomic E-state index is 11.9. The Morgan fingerprint density at radius 3 is 2.58 bits per heavy atom. The van der Waals surface area contributed by atoms with Crippen LogP contribution in [0.15, 0.2) is 18.5 Å². The zero-order valence-corrected chi connectivity index (χ0v) is 12.5. The lowest BCUT2D eigenvalue weighted by atomic mass is 9.97. The third-order valence-corrected chi connectivity index (χ3v) is 5.34. The first-order valence-electron chi connectivity index (χ1n) is 5.97. The van der Waals surface area contributed by atoms with E-state index >= 15 is 0 Å². The van der Waals surface area contributed by atoms with Crippen LogP contribution >= 0.6 is 0 Å². The van der Waals surface area contributed by atoms with Crippen molar-refractivity contribution >= 4 is 9.84 Å². The monoisotopic (exact) mass is 287 g/mol. The van der Waals surface area contributed by atoms with Gasteiger partial charge < -0.3 is 4.74 Å². The van der Waals surface area contributed by atoms with Gasteiger partial charge in [-0.05, 0) is 32.4 Å². The summed E-state index contributed by atoms with van der Waals surface area (Å²) in [5.41, 5.74) is 3.23. The molecule has 1 atom stereocenters. The van der Waals surface area contributed by atoms with Gasteiger partial charge in [0.2, 0.25) is 0 Å². The molecule has 0 saturated carbocycles. The minimum absolute atomic E-state index is 0.515. The van der Waals surface area contributed by atoms with Gasteiger partial charge in [-0.2, -0.15) is 0 Å². The maximum Gasteiger partial charge on any atom is 0.154 e. The van der Waals surface area contributed by atoms with Gasteiger partial charge in [-0.15, -0.1) is 0 Å². The van der Waals surface area contributed by atoms with E-state index in [2.05, 4.69) is 10.4 Å². The lowest BCUT2D eigenvalue weighted by molar-refractivity contribution is 0.337. The number of nitrogens with two attached hydrogens (primary N) is 1. The molecule has 0 bridgehead atoms. The topological polar surface area (TPSA) is 94.3 Å². The highest BCUT2D eigenvalue weighted by molar-refractivity contribution is 7.92. The van der Waals surface area contributed by atoms with E-state index < -0.39 is 20.6 Å². The van der Waals surface area contributed by atoms with Crippen molar-refractivity contribution in [2.75, 3.05) is 12.9 Å². The molecule has 3 N–H and O–H groups in total. The summed E-state index contributed by atoms with van der Waals surface area (Å²) in [6.07, 6.45) is 4.35. The Labute approximate surface area is 114 Å². The quantitative estimate of drug-likeness (QED) is 0.594. The van der Waals surface area contributed by atoms with Gasteiger partial charge in [0.25, 0.3) is 0 Å². The second-order valence-corrected chi connectivity index (χ2v) is 7.46. The van der Waals surface area contributed by atoms with E-state index in [4.69, 9.17) is 10.6 Å². The maximum atomic E-state index is 11.9. The number of hydrazine groups is 1. The number of rotatable bonds is 6. The molecule has 0 aliphatic carbocycles. The Bertz CT molecular complexity index is 529. The third-order valence-electron chi connectivity index (χ3n) is 3.20. The van der Waals surface area contributed by atoms with Crippen LogP contribution in [0, 0.1) is 0 Å². The molecule has 0 fully saturated rings. The van der Waals surface area contributed by atoms with Crippen LogP contribution in [0.1, 0.15) is 32.4 Å². The summed E-state index contributed by atoms with van der Waals surface area (Å²) in [5, 5.41) is 0. The third kappa shape index (κ3) is 3.43. The number of hydrogen-bond donors (Lipinski definition) is 2. The standard InChI is InChI=1S/C12H21N3O3S/c1-5-18-10-6-9(7-14-8-10)11(15-13)12(2,3)19(4,16)17/h6-8,11,15H,5,13H2,1-4H3. The molecule has 0 aliphatic rings. The fourth-order valence-corrected chi connectivity index (χ4v) is 2.38. The first-order valence-corrected chi connectivity index (χ1v) is 7.86. The zero-order chi connectivity index (χ0) is 14.7. The van der Waals surface area contributed by atoms with Crippen LogP contribution in [-0.2, 0) is 9.84 Å². The van der Waals surface area contributed by atoms with Gasteiger partial charge in [-0.3, -0.25) is 16.3 Å². The van der Waals surface area contributed by atoms with E-state index in [0.29, 0.717) is 17.9 Å². The predicted octanol–water partition coefficient (Wildman–Crippen LogP) is 0.808. The van der Waals surface area contributed by atoms with Gasteiger partial charge in [0.1, 0.15) is 5.75 Å². The van der Waals surface area contributed by atoms with Crippen LogP contribution in [0.4, 0.5) is 0 Å². The molecule has 1 aromatic rings. The van der Waals surface area contributed by atoms with Gasteiger partial charge in [-0.1, -0.05) is 0 Å². The first kappa shape index (κ1) is 15.9. The van der Waals surface area contributed by atoms with Crippen molar-refractivity contribution in [3.8, 4) is 5.75 Å². The molecular formula is C12H21N3O3S. The molecular weight excluding hydrogens is 266 g/mol. The Morgan fingerprint density at radius 2 is 2.11 bits per heavy atom. The number of nitrogens with zero attached hydrogens (tertiary/aromatic N) is 1. The van der Waals surface area contributed by atoms with Crippen molar-refractivity contribution in [1.29, 1.82) is 0 Å². The summed E-state index contributed by atoms with van der Waals surface area (Å²) in [7, 11) is -3.30. The van der Waals surface area contributed by atoms with Crippen LogP contribution in [0.25, 0.3) is 0 Å². The lowest BCUT2D eigenvalue weighted by Gasteiger charge is -2.32.